The Labute approximate surface area is 255 Å². The van der Waals surface area contributed by atoms with Crippen LogP contribution < -0.4 is 21.5 Å². The minimum absolute atomic E-state index is 0.164. The van der Waals surface area contributed by atoms with Gasteiger partial charge >= 0.3 is 17.8 Å². The highest BCUT2D eigenvalue weighted by Crippen LogP contribution is 2.24. The number of ketones is 1. The summed E-state index contributed by atoms with van der Waals surface area (Å²) in [4.78, 5) is 71.8. The predicted molar refractivity (Wildman–Crippen MR) is 165 cm³/mol. The standard InChI is InChI=1S/C31H40N6O7/c1-19(2)13-15-36-24-25(33-28(36)35-14-9-12-22(17-35)32-29(41)44-31(3,4)5)34(6)30(42)37(26(24)39)18-23(38)20-10-8-11-21(16-20)27(40)43-7/h8,10-11,13,16,22H,9,12,14-15,17-18H2,1-7H3,(H,32,41). The van der Waals surface area contributed by atoms with E-state index in [4.69, 9.17) is 14.5 Å². The number of aromatic nitrogens is 4. The second-order valence-corrected chi connectivity index (χ2v) is 12.1. The summed E-state index contributed by atoms with van der Waals surface area (Å²) >= 11 is 0. The molecule has 1 aliphatic heterocycles. The maximum atomic E-state index is 13.9. The zero-order valence-corrected chi connectivity index (χ0v) is 26.3. The number of nitrogens with one attached hydrogen (secondary N) is 1. The fourth-order valence-electron chi connectivity index (χ4n) is 5.11. The quantitative estimate of drug-likeness (QED) is 0.232. The van der Waals surface area contributed by atoms with E-state index in [1.165, 1.54) is 43.0 Å². The van der Waals surface area contributed by atoms with E-state index in [9.17, 15) is 24.0 Å². The maximum Gasteiger partial charge on any atom is 0.407 e. The second kappa shape index (κ2) is 12.9. The molecule has 1 aliphatic rings. The third-order valence-electron chi connectivity index (χ3n) is 7.23. The molecule has 0 spiro atoms. The van der Waals surface area contributed by atoms with Gasteiger partial charge in [0.2, 0.25) is 5.95 Å². The van der Waals surface area contributed by atoms with Gasteiger partial charge in [0, 0.05) is 38.3 Å². The summed E-state index contributed by atoms with van der Waals surface area (Å²) in [6.45, 7) is 10.1. The number of aryl methyl sites for hydroxylation is 1. The van der Waals surface area contributed by atoms with Crippen LogP contribution in [0.15, 0.2) is 45.5 Å². The average Bonchev–Trinajstić information content (AvgIpc) is 3.35. The lowest BCUT2D eigenvalue weighted by molar-refractivity contribution is 0.0498. The third kappa shape index (κ3) is 7.09. The Morgan fingerprint density at radius 1 is 1.11 bits per heavy atom. The van der Waals surface area contributed by atoms with Crippen LogP contribution in [-0.4, -0.2) is 68.4 Å². The van der Waals surface area contributed by atoms with Crippen molar-refractivity contribution in [3.63, 3.8) is 0 Å². The summed E-state index contributed by atoms with van der Waals surface area (Å²) in [6.07, 6.45) is 2.95. The zero-order valence-electron chi connectivity index (χ0n) is 26.3. The normalized spacial score (nSPS) is 15.2. The summed E-state index contributed by atoms with van der Waals surface area (Å²) in [7, 11) is 2.75. The van der Waals surface area contributed by atoms with Crippen LogP contribution >= 0.6 is 0 Å². The molecule has 0 saturated carbocycles. The third-order valence-corrected chi connectivity index (χ3v) is 7.23. The van der Waals surface area contributed by atoms with Crippen LogP contribution in [0.5, 0.6) is 0 Å². The Morgan fingerprint density at radius 3 is 2.48 bits per heavy atom. The average molecular weight is 609 g/mol. The number of carbonyl (C=O) groups excluding carboxylic acids is 3. The molecular weight excluding hydrogens is 568 g/mol. The molecule has 0 aliphatic carbocycles. The first-order chi connectivity index (χ1) is 20.7. The molecule has 1 aromatic carbocycles. The highest BCUT2D eigenvalue weighted by Gasteiger charge is 2.29. The highest BCUT2D eigenvalue weighted by molar-refractivity contribution is 5.99. The molecule has 1 N–H and O–H groups in total. The minimum atomic E-state index is -0.693. The van der Waals surface area contributed by atoms with E-state index in [0.717, 1.165) is 23.0 Å². The molecule has 2 aromatic heterocycles. The lowest BCUT2D eigenvalue weighted by Crippen LogP contribution is -2.49. The number of anilines is 1. The molecule has 1 fully saturated rings. The van der Waals surface area contributed by atoms with E-state index >= 15 is 0 Å². The number of Topliss-reactive ketones (excluding diaryl/α,β-unsaturated/α-hetero) is 1. The summed E-state index contributed by atoms with van der Waals surface area (Å²) in [5.41, 5.74) is -0.242. The Balaban J connectivity index is 1.75. The number of imidazole rings is 1. The Hall–Kier alpha value is -4.68. The first-order valence-electron chi connectivity index (χ1n) is 14.5. The maximum absolute atomic E-state index is 13.9. The zero-order chi connectivity index (χ0) is 32.3. The van der Waals surface area contributed by atoms with Crippen molar-refractivity contribution in [2.75, 3.05) is 25.1 Å². The number of fused-ring (bicyclic) bond motifs is 1. The lowest BCUT2D eigenvalue weighted by Gasteiger charge is -2.34. The topological polar surface area (TPSA) is 147 Å². The van der Waals surface area contributed by atoms with Crippen molar-refractivity contribution in [1.29, 1.82) is 0 Å². The SMILES string of the molecule is COC(=O)c1cccc(C(=O)Cn2c(=O)c3c(nc(N4CCCC(NC(=O)OC(C)(C)C)C4)n3CC=C(C)C)n(C)c2=O)c1. The van der Waals surface area contributed by atoms with Crippen molar-refractivity contribution in [3.05, 3.63) is 67.9 Å². The van der Waals surface area contributed by atoms with E-state index in [-0.39, 0.29) is 28.3 Å². The second-order valence-electron chi connectivity index (χ2n) is 12.1. The number of benzene rings is 1. The van der Waals surface area contributed by atoms with E-state index in [2.05, 4.69) is 5.32 Å². The van der Waals surface area contributed by atoms with Gasteiger partial charge in [0.1, 0.15) is 5.60 Å². The number of esters is 1. The van der Waals surface area contributed by atoms with Crippen molar-refractivity contribution >= 4 is 35.0 Å². The van der Waals surface area contributed by atoms with Crippen LogP contribution in [0, 0.1) is 0 Å². The largest absolute Gasteiger partial charge is 0.465 e. The van der Waals surface area contributed by atoms with Crippen LogP contribution in [0.4, 0.5) is 10.7 Å². The van der Waals surface area contributed by atoms with Crippen LogP contribution in [0.3, 0.4) is 0 Å². The van der Waals surface area contributed by atoms with Gasteiger partial charge < -0.3 is 24.3 Å². The summed E-state index contributed by atoms with van der Waals surface area (Å²) in [6, 6.07) is 5.72. The minimum Gasteiger partial charge on any atom is -0.465 e. The first kappa shape index (κ1) is 32.2. The Morgan fingerprint density at radius 2 is 1.82 bits per heavy atom. The molecule has 13 nitrogen and oxygen atoms in total. The Bertz CT molecular complexity index is 1740. The first-order valence-corrected chi connectivity index (χ1v) is 14.5. The number of alkyl carbamates (subject to hydrolysis) is 1. The van der Waals surface area contributed by atoms with E-state index in [0.29, 0.717) is 25.6 Å². The molecule has 1 unspecified atom stereocenters. The molecule has 1 saturated heterocycles. The van der Waals surface area contributed by atoms with Gasteiger partial charge in [-0.3, -0.25) is 18.7 Å². The van der Waals surface area contributed by atoms with Crippen LogP contribution in [0.25, 0.3) is 11.2 Å². The lowest BCUT2D eigenvalue weighted by atomic mass is 10.1. The number of carbonyl (C=O) groups is 3. The predicted octanol–water partition coefficient (Wildman–Crippen LogP) is 3.03. The monoisotopic (exact) mass is 608 g/mol. The molecule has 1 amide bonds. The van der Waals surface area contributed by atoms with Gasteiger partial charge in [0.25, 0.3) is 5.56 Å². The van der Waals surface area contributed by atoms with Gasteiger partial charge in [0.05, 0.1) is 19.2 Å². The van der Waals surface area contributed by atoms with Crippen LogP contribution in [0.1, 0.15) is 68.2 Å². The smallest absolute Gasteiger partial charge is 0.407 e. The molecule has 1 atom stereocenters. The van der Waals surface area contributed by atoms with Gasteiger partial charge in [-0.15, -0.1) is 0 Å². The molecule has 13 heteroatoms. The number of rotatable bonds is 8. The highest BCUT2D eigenvalue weighted by atomic mass is 16.6. The van der Waals surface area contributed by atoms with Gasteiger partial charge in [-0.05, 0) is 59.6 Å². The number of piperidine rings is 1. The van der Waals surface area contributed by atoms with E-state index < -0.39 is 41.2 Å². The molecule has 0 radical (unpaired) electrons. The van der Waals surface area contributed by atoms with Crippen molar-refractivity contribution < 1.29 is 23.9 Å². The van der Waals surface area contributed by atoms with E-state index in [1.807, 2.05) is 24.8 Å². The van der Waals surface area contributed by atoms with Crippen molar-refractivity contribution in [1.82, 2.24) is 24.0 Å². The van der Waals surface area contributed by atoms with E-state index in [1.54, 1.807) is 25.3 Å². The van der Waals surface area contributed by atoms with Gasteiger partial charge in [-0.2, -0.15) is 4.98 Å². The molecule has 44 heavy (non-hydrogen) atoms. The fraction of sp³-hybridized carbons (Fsp3) is 0.484. The molecule has 3 aromatic rings. The molecular formula is C31H40N6O7. The van der Waals surface area contributed by atoms with Crippen molar-refractivity contribution in [2.45, 2.75) is 72.2 Å². The van der Waals surface area contributed by atoms with Gasteiger partial charge in [0.15, 0.2) is 16.9 Å². The van der Waals surface area contributed by atoms with Crippen molar-refractivity contribution in [2.24, 2.45) is 7.05 Å². The summed E-state index contributed by atoms with van der Waals surface area (Å²) in [5.74, 6) is -0.641. The Kier molecular flexibility index (Phi) is 9.45. The fourth-order valence-corrected chi connectivity index (χ4v) is 5.11. The molecule has 4 rings (SSSR count). The number of nitrogens with zero attached hydrogens (tertiary/aromatic N) is 5. The summed E-state index contributed by atoms with van der Waals surface area (Å²) < 4.78 is 14.1. The molecule has 0 bridgehead atoms. The summed E-state index contributed by atoms with van der Waals surface area (Å²) in [5, 5.41) is 2.93. The number of methoxy groups -OCH3 is 1. The number of hydrogen-bond donors (Lipinski definition) is 1. The number of ether oxygens (including phenoxy) is 2. The van der Waals surface area contributed by atoms with Gasteiger partial charge in [-0.25, -0.2) is 14.4 Å². The van der Waals surface area contributed by atoms with Gasteiger partial charge in [-0.1, -0.05) is 23.8 Å². The molecule has 236 valence electrons. The van der Waals surface area contributed by atoms with Crippen LogP contribution in [0.2, 0.25) is 0 Å². The number of amides is 1. The van der Waals surface area contributed by atoms with Crippen LogP contribution in [-0.2, 0) is 29.6 Å². The number of allylic oxidation sites excluding steroid dienone is 2. The van der Waals surface area contributed by atoms with Crippen molar-refractivity contribution in [3.8, 4) is 0 Å². The molecule has 3 heterocycles. The number of hydrogen-bond acceptors (Lipinski definition) is 9.